The van der Waals surface area contributed by atoms with Crippen molar-refractivity contribution in [3.8, 4) is 0 Å². The van der Waals surface area contributed by atoms with Crippen LogP contribution in [-0.4, -0.2) is 17.2 Å². The van der Waals surface area contributed by atoms with Crippen LogP contribution in [0.25, 0.3) is 0 Å². The number of nitrogens with one attached hydrogen (secondary N) is 1. The minimum atomic E-state index is -1.15. The van der Waals surface area contributed by atoms with Gasteiger partial charge >= 0.3 is 0 Å². The van der Waals surface area contributed by atoms with Gasteiger partial charge in [0.05, 0.1) is 17.6 Å². The monoisotopic (exact) mass is 197 g/mol. The van der Waals surface area contributed by atoms with E-state index in [-0.39, 0.29) is 0 Å². The molecule has 0 aliphatic carbocycles. The highest BCUT2D eigenvalue weighted by Crippen LogP contribution is 2.17. The third kappa shape index (κ3) is 3.60. The van der Waals surface area contributed by atoms with Gasteiger partial charge in [0.25, 0.3) is 0 Å². The largest absolute Gasteiger partial charge is 0.397 e. The van der Waals surface area contributed by atoms with E-state index in [1.807, 2.05) is 0 Å². The van der Waals surface area contributed by atoms with Crippen LogP contribution in [0, 0.1) is 0 Å². The second kappa shape index (κ2) is 4.26. The average molecular weight is 197 g/mol. The predicted molar refractivity (Wildman–Crippen MR) is 56.9 cm³/mol. The summed E-state index contributed by atoms with van der Waals surface area (Å²) in [7, 11) is 0. The summed E-state index contributed by atoms with van der Waals surface area (Å²) in [6, 6.07) is 1.71. The maximum Gasteiger partial charge on any atom is 0.107 e. The highest BCUT2D eigenvalue weighted by molar-refractivity contribution is 5.63. The minimum absolute atomic E-state index is 0.446. The van der Waals surface area contributed by atoms with Gasteiger partial charge in [0.1, 0.15) is 5.67 Å². The summed E-state index contributed by atoms with van der Waals surface area (Å²) in [6.45, 7) is 3.67. The fraction of sp³-hybridized carbons (Fsp3) is 0.500. The number of rotatable bonds is 4. The lowest BCUT2D eigenvalue weighted by Crippen LogP contribution is -2.18. The first-order valence-electron chi connectivity index (χ1n) is 4.61. The molecule has 0 aromatic carbocycles. The summed E-state index contributed by atoms with van der Waals surface area (Å²) < 4.78 is 13.1. The van der Waals surface area contributed by atoms with Crippen LogP contribution < -0.4 is 11.1 Å². The van der Waals surface area contributed by atoms with Crippen LogP contribution in [0.4, 0.5) is 15.8 Å². The van der Waals surface area contributed by atoms with Crippen molar-refractivity contribution in [1.29, 1.82) is 0 Å². The predicted octanol–water partition coefficient (Wildman–Crippen LogP) is 2.21. The maximum absolute atomic E-state index is 13.1. The van der Waals surface area contributed by atoms with Gasteiger partial charge in [-0.25, -0.2) is 4.39 Å². The Kier molecular flexibility index (Phi) is 3.28. The molecule has 1 heterocycles. The quantitative estimate of drug-likeness (QED) is 0.778. The maximum atomic E-state index is 13.1. The fourth-order valence-electron chi connectivity index (χ4n) is 1.05. The van der Waals surface area contributed by atoms with Crippen molar-refractivity contribution in [2.75, 3.05) is 17.6 Å². The van der Waals surface area contributed by atoms with Crippen LogP contribution in [-0.2, 0) is 0 Å². The van der Waals surface area contributed by atoms with E-state index in [1.54, 1.807) is 32.3 Å². The summed E-state index contributed by atoms with van der Waals surface area (Å²) in [5.41, 5.74) is 5.92. The number of hydrogen-bond acceptors (Lipinski definition) is 3. The zero-order valence-electron chi connectivity index (χ0n) is 8.55. The van der Waals surface area contributed by atoms with Gasteiger partial charge in [-0.15, -0.1) is 0 Å². The van der Waals surface area contributed by atoms with Crippen molar-refractivity contribution < 1.29 is 4.39 Å². The molecule has 1 aromatic heterocycles. The van der Waals surface area contributed by atoms with Crippen molar-refractivity contribution in [1.82, 2.24) is 4.98 Å². The SMILES string of the molecule is CC(C)(F)CCNc1cnccc1N. The van der Waals surface area contributed by atoms with Gasteiger partial charge in [-0.1, -0.05) is 0 Å². The third-order valence-electron chi connectivity index (χ3n) is 1.89. The van der Waals surface area contributed by atoms with Gasteiger partial charge in [-0.05, 0) is 26.3 Å². The number of nitrogens with zero attached hydrogens (tertiary/aromatic N) is 1. The first-order valence-corrected chi connectivity index (χ1v) is 4.61. The van der Waals surface area contributed by atoms with Gasteiger partial charge in [0.2, 0.25) is 0 Å². The number of nitrogens with two attached hydrogens (primary N) is 1. The lowest BCUT2D eigenvalue weighted by molar-refractivity contribution is 0.207. The second-order valence-electron chi connectivity index (χ2n) is 3.86. The van der Waals surface area contributed by atoms with Crippen LogP contribution in [0.5, 0.6) is 0 Å². The Morgan fingerprint density at radius 3 is 2.86 bits per heavy atom. The number of nitrogen functional groups attached to an aromatic ring is 1. The molecule has 0 atom stereocenters. The molecule has 0 unspecified atom stereocenters. The first kappa shape index (κ1) is 10.8. The molecule has 0 aliphatic heterocycles. The van der Waals surface area contributed by atoms with E-state index in [0.29, 0.717) is 18.7 Å². The van der Waals surface area contributed by atoms with Gasteiger partial charge in [-0.3, -0.25) is 4.98 Å². The smallest absolute Gasteiger partial charge is 0.107 e. The standard InChI is InChI=1S/C10H16FN3/c1-10(2,11)4-6-14-9-7-13-5-3-8(9)12/h3,5,7,14H,4,6H2,1-2H3,(H2,12,13). The summed E-state index contributed by atoms with van der Waals surface area (Å²) in [5.74, 6) is 0. The molecule has 0 radical (unpaired) electrons. The molecule has 3 nitrogen and oxygen atoms in total. The Balaban J connectivity index is 2.43. The molecular formula is C10H16FN3. The molecule has 0 fully saturated rings. The lowest BCUT2D eigenvalue weighted by Gasteiger charge is -2.15. The Bertz CT molecular complexity index is 294. The van der Waals surface area contributed by atoms with Crippen molar-refractivity contribution in [3.63, 3.8) is 0 Å². The summed E-state index contributed by atoms with van der Waals surface area (Å²) in [4.78, 5) is 3.92. The first-order chi connectivity index (χ1) is 6.49. The van der Waals surface area contributed by atoms with E-state index in [0.717, 1.165) is 5.69 Å². The van der Waals surface area contributed by atoms with E-state index >= 15 is 0 Å². The van der Waals surface area contributed by atoms with Gasteiger partial charge in [0, 0.05) is 12.7 Å². The molecule has 0 aliphatic rings. The molecule has 0 spiro atoms. The highest BCUT2D eigenvalue weighted by Gasteiger charge is 2.14. The lowest BCUT2D eigenvalue weighted by atomic mass is 10.1. The van der Waals surface area contributed by atoms with E-state index in [1.165, 1.54) is 0 Å². The van der Waals surface area contributed by atoms with E-state index in [9.17, 15) is 4.39 Å². The number of halogens is 1. The molecule has 0 saturated carbocycles. The molecule has 0 saturated heterocycles. The van der Waals surface area contributed by atoms with Crippen molar-refractivity contribution in [3.05, 3.63) is 18.5 Å². The molecule has 4 heteroatoms. The zero-order valence-corrected chi connectivity index (χ0v) is 8.55. The minimum Gasteiger partial charge on any atom is -0.397 e. The molecule has 14 heavy (non-hydrogen) atoms. The molecule has 1 aromatic rings. The van der Waals surface area contributed by atoms with Crippen molar-refractivity contribution in [2.24, 2.45) is 0 Å². The molecule has 78 valence electrons. The zero-order chi connectivity index (χ0) is 10.6. The molecule has 3 N–H and O–H groups in total. The number of hydrogen-bond donors (Lipinski definition) is 2. The van der Waals surface area contributed by atoms with E-state index in [2.05, 4.69) is 10.3 Å². The normalized spacial score (nSPS) is 11.4. The van der Waals surface area contributed by atoms with E-state index < -0.39 is 5.67 Å². The number of anilines is 2. The highest BCUT2D eigenvalue weighted by atomic mass is 19.1. The molecule has 1 rings (SSSR count). The number of alkyl halides is 1. The average Bonchev–Trinajstić information content (AvgIpc) is 2.06. The molecule has 0 bridgehead atoms. The van der Waals surface area contributed by atoms with Gasteiger partial charge in [-0.2, -0.15) is 0 Å². The Morgan fingerprint density at radius 2 is 2.29 bits per heavy atom. The van der Waals surface area contributed by atoms with Crippen LogP contribution in [0.2, 0.25) is 0 Å². The van der Waals surface area contributed by atoms with Crippen LogP contribution in [0.1, 0.15) is 20.3 Å². The molecular weight excluding hydrogens is 181 g/mol. The van der Waals surface area contributed by atoms with Gasteiger partial charge in [0.15, 0.2) is 0 Å². The van der Waals surface area contributed by atoms with Crippen LogP contribution in [0.3, 0.4) is 0 Å². The Hall–Kier alpha value is -1.32. The van der Waals surface area contributed by atoms with Crippen molar-refractivity contribution in [2.45, 2.75) is 25.9 Å². The van der Waals surface area contributed by atoms with Crippen LogP contribution >= 0.6 is 0 Å². The Labute approximate surface area is 83.5 Å². The Morgan fingerprint density at radius 1 is 1.57 bits per heavy atom. The van der Waals surface area contributed by atoms with E-state index in [4.69, 9.17) is 5.73 Å². The second-order valence-corrected chi connectivity index (χ2v) is 3.86. The molecule has 0 amide bonds. The summed E-state index contributed by atoms with van der Waals surface area (Å²) in [6.07, 6.45) is 3.71. The fourth-order valence-corrected chi connectivity index (χ4v) is 1.05. The van der Waals surface area contributed by atoms with Crippen LogP contribution in [0.15, 0.2) is 18.5 Å². The third-order valence-corrected chi connectivity index (χ3v) is 1.89. The summed E-state index contributed by atoms with van der Waals surface area (Å²) >= 11 is 0. The number of pyridine rings is 1. The van der Waals surface area contributed by atoms with Crippen molar-refractivity contribution >= 4 is 11.4 Å². The van der Waals surface area contributed by atoms with Gasteiger partial charge < -0.3 is 11.1 Å². The topological polar surface area (TPSA) is 50.9 Å². The number of aromatic nitrogens is 1. The summed E-state index contributed by atoms with van der Waals surface area (Å²) in [5, 5.41) is 3.04.